The molecular weight excluding hydrogens is 320 g/mol. The summed E-state index contributed by atoms with van der Waals surface area (Å²) in [4.78, 5) is 2.11. The number of benzene rings is 2. The van der Waals surface area contributed by atoms with Crippen molar-refractivity contribution in [3.63, 3.8) is 0 Å². The van der Waals surface area contributed by atoms with E-state index in [2.05, 4.69) is 15.9 Å². The fourth-order valence-corrected chi connectivity index (χ4v) is 3.13. The third kappa shape index (κ3) is 3.49. The maximum absolute atomic E-state index is 9.01. The van der Waals surface area contributed by atoms with E-state index in [4.69, 9.17) is 16.7 Å². The minimum Gasteiger partial charge on any atom is -0.392 e. The van der Waals surface area contributed by atoms with Crippen LogP contribution in [0.4, 0.5) is 0 Å². The zero-order valence-corrected chi connectivity index (χ0v) is 12.0. The van der Waals surface area contributed by atoms with Gasteiger partial charge in [0.15, 0.2) is 0 Å². The van der Waals surface area contributed by atoms with Gasteiger partial charge in [0.2, 0.25) is 0 Å². The van der Waals surface area contributed by atoms with Gasteiger partial charge in [-0.25, -0.2) is 0 Å². The first-order valence-electron chi connectivity index (χ1n) is 5.02. The van der Waals surface area contributed by atoms with Gasteiger partial charge in [-0.3, -0.25) is 0 Å². The Kier molecular flexibility index (Phi) is 4.51. The van der Waals surface area contributed by atoms with Gasteiger partial charge in [-0.2, -0.15) is 0 Å². The van der Waals surface area contributed by atoms with Gasteiger partial charge in [-0.1, -0.05) is 51.4 Å². The Hall–Kier alpha value is -0.480. The maximum atomic E-state index is 9.01. The number of aliphatic hydroxyl groups excluding tert-OH is 1. The summed E-state index contributed by atoms with van der Waals surface area (Å²) in [5.41, 5.74) is 0.827. The molecule has 17 heavy (non-hydrogen) atoms. The predicted octanol–water partition coefficient (Wildman–Crippen LogP) is 4.75. The van der Waals surface area contributed by atoms with Crippen LogP contribution in [0.2, 0.25) is 5.02 Å². The molecule has 0 saturated heterocycles. The van der Waals surface area contributed by atoms with E-state index >= 15 is 0 Å². The lowest BCUT2D eigenvalue weighted by molar-refractivity contribution is 0.282. The molecule has 1 nitrogen and oxygen atoms in total. The number of rotatable bonds is 3. The third-order valence-corrected chi connectivity index (χ3v) is 4.19. The molecule has 0 spiro atoms. The van der Waals surface area contributed by atoms with E-state index in [0.717, 1.165) is 19.8 Å². The molecule has 0 aromatic heterocycles. The number of hydrogen-bond acceptors (Lipinski definition) is 2. The van der Waals surface area contributed by atoms with Gasteiger partial charge in [-0.15, -0.1) is 0 Å². The lowest BCUT2D eigenvalue weighted by atomic mass is 10.2. The maximum Gasteiger partial charge on any atom is 0.0682 e. The lowest BCUT2D eigenvalue weighted by Crippen LogP contribution is -1.83. The Morgan fingerprint density at radius 2 is 2.00 bits per heavy atom. The van der Waals surface area contributed by atoms with Crippen molar-refractivity contribution in [1.29, 1.82) is 0 Å². The van der Waals surface area contributed by atoms with Gasteiger partial charge >= 0.3 is 0 Å². The summed E-state index contributed by atoms with van der Waals surface area (Å²) in [5, 5.41) is 9.68. The standard InChI is InChI=1S/C13H10BrClOS/c14-10-2-1-3-11(7-10)17-13-5-4-9(8-16)6-12(13)15/h1-7,16H,8H2. The van der Waals surface area contributed by atoms with Crippen molar-refractivity contribution in [3.8, 4) is 0 Å². The van der Waals surface area contributed by atoms with Crippen molar-refractivity contribution in [1.82, 2.24) is 0 Å². The average Bonchev–Trinajstić information content (AvgIpc) is 2.32. The van der Waals surface area contributed by atoms with Gasteiger partial charge in [0, 0.05) is 14.3 Å². The highest BCUT2D eigenvalue weighted by molar-refractivity contribution is 9.10. The summed E-state index contributed by atoms with van der Waals surface area (Å²) in [6, 6.07) is 13.7. The fraction of sp³-hybridized carbons (Fsp3) is 0.0769. The van der Waals surface area contributed by atoms with E-state index in [1.807, 2.05) is 36.4 Å². The summed E-state index contributed by atoms with van der Waals surface area (Å²) < 4.78 is 1.05. The van der Waals surface area contributed by atoms with Crippen LogP contribution in [0.25, 0.3) is 0 Å². The van der Waals surface area contributed by atoms with Crippen LogP contribution in [0, 0.1) is 0 Å². The van der Waals surface area contributed by atoms with E-state index < -0.39 is 0 Å². The molecule has 0 bridgehead atoms. The SMILES string of the molecule is OCc1ccc(Sc2cccc(Br)c2)c(Cl)c1. The van der Waals surface area contributed by atoms with Gasteiger partial charge in [0.1, 0.15) is 0 Å². The van der Waals surface area contributed by atoms with Gasteiger partial charge in [0.25, 0.3) is 0 Å². The Morgan fingerprint density at radius 1 is 1.18 bits per heavy atom. The largest absolute Gasteiger partial charge is 0.392 e. The van der Waals surface area contributed by atoms with Crippen LogP contribution < -0.4 is 0 Å². The van der Waals surface area contributed by atoms with Crippen LogP contribution in [-0.2, 0) is 6.61 Å². The highest BCUT2D eigenvalue weighted by atomic mass is 79.9. The zero-order chi connectivity index (χ0) is 12.3. The summed E-state index contributed by atoms with van der Waals surface area (Å²) in [6.45, 7) is 0.0154. The smallest absolute Gasteiger partial charge is 0.0682 e. The molecular formula is C13H10BrClOS. The van der Waals surface area contributed by atoms with Crippen molar-refractivity contribution in [2.24, 2.45) is 0 Å². The number of halogens is 2. The van der Waals surface area contributed by atoms with Crippen LogP contribution in [0.5, 0.6) is 0 Å². The second-order valence-corrected chi connectivity index (χ2v) is 5.92. The molecule has 2 aromatic rings. The molecule has 0 amide bonds. The third-order valence-electron chi connectivity index (χ3n) is 2.20. The van der Waals surface area contributed by atoms with E-state index in [0.29, 0.717) is 5.02 Å². The summed E-state index contributed by atoms with van der Waals surface area (Å²) in [5.74, 6) is 0. The van der Waals surface area contributed by atoms with Crippen molar-refractivity contribution < 1.29 is 5.11 Å². The normalized spacial score (nSPS) is 10.5. The highest BCUT2D eigenvalue weighted by Crippen LogP contribution is 2.34. The van der Waals surface area contributed by atoms with Gasteiger partial charge in [0.05, 0.1) is 11.6 Å². The number of hydrogen-bond donors (Lipinski definition) is 1. The van der Waals surface area contributed by atoms with Crippen molar-refractivity contribution in [2.45, 2.75) is 16.4 Å². The van der Waals surface area contributed by atoms with Gasteiger partial charge in [-0.05, 0) is 35.9 Å². The first-order valence-corrected chi connectivity index (χ1v) is 7.00. The Morgan fingerprint density at radius 3 is 2.65 bits per heavy atom. The van der Waals surface area contributed by atoms with Crippen LogP contribution in [-0.4, -0.2) is 5.11 Å². The topological polar surface area (TPSA) is 20.2 Å². The van der Waals surface area contributed by atoms with Crippen molar-refractivity contribution in [3.05, 3.63) is 57.5 Å². The molecule has 0 fully saturated rings. The molecule has 1 N–H and O–H groups in total. The molecule has 0 radical (unpaired) electrons. The molecule has 0 aliphatic carbocycles. The Bertz CT molecular complexity index is 531. The van der Waals surface area contributed by atoms with E-state index in [9.17, 15) is 0 Å². The fourth-order valence-electron chi connectivity index (χ4n) is 1.38. The Labute approximate surface area is 118 Å². The molecule has 0 saturated carbocycles. The second kappa shape index (κ2) is 5.91. The Balaban J connectivity index is 2.24. The van der Waals surface area contributed by atoms with Crippen LogP contribution >= 0.6 is 39.3 Å². The van der Waals surface area contributed by atoms with Crippen molar-refractivity contribution in [2.75, 3.05) is 0 Å². The first kappa shape index (κ1) is 13.0. The molecule has 0 heterocycles. The molecule has 88 valence electrons. The quantitative estimate of drug-likeness (QED) is 0.877. The lowest BCUT2D eigenvalue weighted by Gasteiger charge is -2.06. The van der Waals surface area contributed by atoms with E-state index in [1.165, 1.54) is 0 Å². The van der Waals surface area contributed by atoms with Crippen molar-refractivity contribution >= 4 is 39.3 Å². The van der Waals surface area contributed by atoms with Crippen LogP contribution in [0.15, 0.2) is 56.7 Å². The molecule has 0 aliphatic heterocycles. The minimum atomic E-state index is 0.0154. The monoisotopic (exact) mass is 328 g/mol. The minimum absolute atomic E-state index is 0.0154. The molecule has 2 aromatic carbocycles. The molecule has 4 heteroatoms. The molecule has 2 rings (SSSR count). The van der Waals surface area contributed by atoms with Crippen LogP contribution in [0.3, 0.4) is 0 Å². The van der Waals surface area contributed by atoms with E-state index in [1.54, 1.807) is 17.8 Å². The number of aliphatic hydroxyl groups is 1. The van der Waals surface area contributed by atoms with Crippen LogP contribution in [0.1, 0.15) is 5.56 Å². The summed E-state index contributed by atoms with van der Waals surface area (Å²) in [6.07, 6.45) is 0. The predicted molar refractivity (Wildman–Crippen MR) is 75.6 cm³/mol. The molecule has 0 unspecified atom stereocenters. The second-order valence-electron chi connectivity index (χ2n) is 3.48. The first-order chi connectivity index (χ1) is 8.19. The highest BCUT2D eigenvalue weighted by Gasteiger charge is 2.04. The molecule has 0 aliphatic rings. The summed E-state index contributed by atoms with van der Waals surface area (Å²) in [7, 11) is 0. The van der Waals surface area contributed by atoms with E-state index in [-0.39, 0.29) is 6.61 Å². The zero-order valence-electron chi connectivity index (χ0n) is 8.86. The molecule has 0 atom stereocenters. The summed E-state index contributed by atoms with van der Waals surface area (Å²) >= 11 is 11.2. The average molecular weight is 330 g/mol. The van der Waals surface area contributed by atoms with Gasteiger partial charge < -0.3 is 5.11 Å².